The summed E-state index contributed by atoms with van der Waals surface area (Å²) in [7, 11) is 2.24. The Kier molecular flexibility index (Phi) is 4.42. The number of nitrogens with zero attached hydrogens (tertiary/aromatic N) is 2. The van der Waals surface area contributed by atoms with Gasteiger partial charge in [0.05, 0.1) is 0 Å². The van der Waals surface area contributed by atoms with Crippen LogP contribution in [-0.4, -0.2) is 49.1 Å². The maximum absolute atomic E-state index is 3.85. The van der Waals surface area contributed by atoms with Crippen molar-refractivity contribution in [3.8, 4) is 0 Å². The number of piperidine rings is 2. The molecule has 0 N–H and O–H groups in total. The summed E-state index contributed by atoms with van der Waals surface area (Å²) >= 11 is 0. The highest BCUT2D eigenvalue weighted by Gasteiger charge is 2.26. The molecule has 16 heavy (non-hydrogen) atoms. The van der Waals surface area contributed by atoms with Crippen LogP contribution in [0.25, 0.3) is 0 Å². The van der Waals surface area contributed by atoms with E-state index in [-0.39, 0.29) is 0 Å². The zero-order chi connectivity index (χ0) is 11.4. The van der Waals surface area contributed by atoms with Crippen LogP contribution in [0, 0.1) is 5.92 Å². The molecule has 0 radical (unpaired) electrons. The van der Waals surface area contributed by atoms with E-state index in [1.54, 1.807) is 0 Å². The molecule has 2 rings (SSSR count). The van der Waals surface area contributed by atoms with Gasteiger partial charge in [0.25, 0.3) is 0 Å². The first kappa shape index (κ1) is 12.1. The Morgan fingerprint density at radius 3 is 2.25 bits per heavy atom. The van der Waals surface area contributed by atoms with E-state index in [1.165, 1.54) is 58.3 Å². The zero-order valence-corrected chi connectivity index (χ0v) is 10.7. The average Bonchev–Trinajstić information content (AvgIpc) is 2.32. The minimum absolute atomic E-state index is 0.876. The Balaban J connectivity index is 1.74. The normalized spacial score (nSPS) is 27.1. The molecule has 0 bridgehead atoms. The minimum atomic E-state index is 0.876. The average molecular weight is 222 g/mol. The lowest BCUT2D eigenvalue weighted by atomic mass is 9.91. The van der Waals surface area contributed by atoms with Crippen molar-refractivity contribution in [2.75, 3.05) is 33.2 Å². The van der Waals surface area contributed by atoms with Crippen LogP contribution in [0.5, 0.6) is 0 Å². The third-order valence-corrected chi connectivity index (χ3v) is 4.35. The van der Waals surface area contributed by atoms with Crippen molar-refractivity contribution in [1.29, 1.82) is 0 Å². The molecule has 2 aliphatic heterocycles. The summed E-state index contributed by atoms with van der Waals surface area (Å²) in [5, 5.41) is 0. The molecular formula is C14H26N2. The lowest BCUT2D eigenvalue weighted by molar-refractivity contribution is 0.0860. The van der Waals surface area contributed by atoms with Crippen LogP contribution in [0.15, 0.2) is 12.7 Å². The number of hydrogen-bond acceptors (Lipinski definition) is 2. The molecule has 0 aromatic heterocycles. The van der Waals surface area contributed by atoms with Crippen LogP contribution >= 0.6 is 0 Å². The minimum Gasteiger partial charge on any atom is -0.306 e. The molecule has 0 aliphatic carbocycles. The molecule has 92 valence electrons. The van der Waals surface area contributed by atoms with E-state index < -0.39 is 0 Å². The third-order valence-electron chi connectivity index (χ3n) is 4.35. The van der Waals surface area contributed by atoms with Gasteiger partial charge < -0.3 is 9.80 Å². The molecule has 2 fully saturated rings. The zero-order valence-electron chi connectivity index (χ0n) is 10.7. The number of hydrogen-bond donors (Lipinski definition) is 0. The fraction of sp³-hybridized carbons (Fsp3) is 0.857. The molecule has 2 heteroatoms. The summed E-state index contributed by atoms with van der Waals surface area (Å²) in [5.41, 5.74) is 0. The van der Waals surface area contributed by atoms with Gasteiger partial charge in [0.15, 0.2) is 0 Å². The van der Waals surface area contributed by atoms with Crippen molar-refractivity contribution < 1.29 is 0 Å². The molecule has 2 saturated heterocycles. The Morgan fingerprint density at radius 2 is 1.69 bits per heavy atom. The first-order valence-corrected chi connectivity index (χ1v) is 6.83. The summed E-state index contributed by atoms with van der Waals surface area (Å²) in [6.45, 7) is 9.08. The highest BCUT2D eigenvalue weighted by molar-refractivity contribution is 4.84. The van der Waals surface area contributed by atoms with Crippen molar-refractivity contribution in [1.82, 2.24) is 9.80 Å². The van der Waals surface area contributed by atoms with E-state index in [9.17, 15) is 0 Å². The van der Waals surface area contributed by atoms with Gasteiger partial charge in [-0.1, -0.05) is 6.08 Å². The van der Waals surface area contributed by atoms with Gasteiger partial charge in [-0.3, -0.25) is 0 Å². The summed E-state index contributed by atoms with van der Waals surface area (Å²) in [6, 6.07) is 0.876. The highest BCUT2D eigenvalue weighted by Crippen LogP contribution is 2.25. The van der Waals surface area contributed by atoms with E-state index in [0.29, 0.717) is 0 Å². The second-order valence-corrected chi connectivity index (χ2v) is 5.54. The van der Waals surface area contributed by atoms with Gasteiger partial charge in [0.1, 0.15) is 0 Å². The molecule has 2 nitrogen and oxygen atoms in total. The maximum atomic E-state index is 3.85. The summed E-state index contributed by atoms with van der Waals surface area (Å²) in [6.07, 6.45) is 8.85. The van der Waals surface area contributed by atoms with Gasteiger partial charge in [0.2, 0.25) is 0 Å². The predicted molar refractivity (Wildman–Crippen MR) is 69.6 cm³/mol. The lowest BCUT2D eigenvalue weighted by Crippen LogP contribution is -2.46. The van der Waals surface area contributed by atoms with Crippen molar-refractivity contribution in [3.63, 3.8) is 0 Å². The van der Waals surface area contributed by atoms with Gasteiger partial charge in [0, 0.05) is 6.04 Å². The second-order valence-electron chi connectivity index (χ2n) is 5.54. The van der Waals surface area contributed by atoms with Crippen LogP contribution < -0.4 is 0 Å². The predicted octanol–water partition coefficient (Wildman–Crippen LogP) is 2.37. The number of likely N-dealkylation sites (tertiary alicyclic amines) is 2. The van der Waals surface area contributed by atoms with Crippen molar-refractivity contribution in [2.45, 2.75) is 38.1 Å². The molecule has 0 aromatic carbocycles. The molecule has 0 spiro atoms. The van der Waals surface area contributed by atoms with Crippen molar-refractivity contribution in [3.05, 3.63) is 12.7 Å². The molecule has 0 unspecified atom stereocenters. The quantitative estimate of drug-likeness (QED) is 0.676. The second kappa shape index (κ2) is 5.83. The maximum Gasteiger partial charge on any atom is 0.0120 e. The van der Waals surface area contributed by atoms with Crippen molar-refractivity contribution >= 4 is 0 Å². The van der Waals surface area contributed by atoms with Crippen molar-refractivity contribution in [2.24, 2.45) is 5.92 Å². The van der Waals surface area contributed by atoms with E-state index in [4.69, 9.17) is 0 Å². The third kappa shape index (κ3) is 3.08. The first-order chi connectivity index (χ1) is 7.79. The number of allylic oxidation sites excluding steroid dienone is 1. The summed E-state index contributed by atoms with van der Waals surface area (Å²) in [4.78, 5) is 5.20. The van der Waals surface area contributed by atoms with E-state index in [1.807, 2.05) is 0 Å². The van der Waals surface area contributed by atoms with Gasteiger partial charge >= 0.3 is 0 Å². The SMILES string of the molecule is C=CCC1CCN(C2CCN(C)CC2)CC1. The summed E-state index contributed by atoms with van der Waals surface area (Å²) in [5.74, 6) is 0.917. The lowest BCUT2D eigenvalue weighted by Gasteiger charge is -2.41. The summed E-state index contributed by atoms with van der Waals surface area (Å²) < 4.78 is 0. The van der Waals surface area contributed by atoms with Crippen LogP contribution in [-0.2, 0) is 0 Å². The smallest absolute Gasteiger partial charge is 0.0120 e. The molecule has 0 amide bonds. The highest BCUT2D eigenvalue weighted by atomic mass is 15.2. The Labute approximate surface area is 100 Å². The van der Waals surface area contributed by atoms with Crippen LogP contribution in [0.4, 0.5) is 0 Å². The van der Waals surface area contributed by atoms with Gasteiger partial charge in [-0.05, 0) is 71.2 Å². The molecular weight excluding hydrogens is 196 g/mol. The molecule has 0 saturated carbocycles. The van der Waals surface area contributed by atoms with Crippen LogP contribution in [0.1, 0.15) is 32.1 Å². The Hall–Kier alpha value is -0.340. The molecule has 0 aromatic rings. The van der Waals surface area contributed by atoms with Crippen LogP contribution in [0.2, 0.25) is 0 Å². The van der Waals surface area contributed by atoms with Gasteiger partial charge in [-0.15, -0.1) is 6.58 Å². The van der Waals surface area contributed by atoms with Gasteiger partial charge in [-0.25, -0.2) is 0 Å². The number of rotatable bonds is 3. The largest absolute Gasteiger partial charge is 0.306 e. The fourth-order valence-electron chi connectivity index (χ4n) is 3.15. The standard InChI is InChI=1S/C14H26N2/c1-3-4-13-5-11-16(12-6-13)14-7-9-15(2)10-8-14/h3,13-14H,1,4-12H2,2H3. The van der Waals surface area contributed by atoms with E-state index >= 15 is 0 Å². The monoisotopic (exact) mass is 222 g/mol. The van der Waals surface area contributed by atoms with Gasteiger partial charge in [-0.2, -0.15) is 0 Å². The van der Waals surface area contributed by atoms with E-state index in [2.05, 4.69) is 29.5 Å². The van der Waals surface area contributed by atoms with E-state index in [0.717, 1.165) is 12.0 Å². The van der Waals surface area contributed by atoms with Crippen LogP contribution in [0.3, 0.4) is 0 Å². The topological polar surface area (TPSA) is 6.48 Å². The Bertz CT molecular complexity index is 211. The first-order valence-electron chi connectivity index (χ1n) is 6.83. The fourth-order valence-corrected chi connectivity index (χ4v) is 3.15. The Morgan fingerprint density at radius 1 is 1.06 bits per heavy atom. The molecule has 2 heterocycles. The molecule has 2 aliphatic rings. The molecule has 0 atom stereocenters.